The highest BCUT2D eigenvalue weighted by atomic mass is 16.5. The Labute approximate surface area is 119 Å². The van der Waals surface area contributed by atoms with E-state index in [4.69, 9.17) is 4.74 Å². The zero-order chi connectivity index (χ0) is 14.4. The Balaban J connectivity index is 1.98. The van der Waals surface area contributed by atoms with Gasteiger partial charge in [-0.2, -0.15) is 15.0 Å². The van der Waals surface area contributed by atoms with Crippen LogP contribution in [0.25, 0.3) is 0 Å². The first-order valence-electron chi connectivity index (χ1n) is 7.26. The molecule has 2 atom stereocenters. The molecule has 0 bridgehead atoms. The van der Waals surface area contributed by atoms with Crippen molar-refractivity contribution in [3.8, 4) is 6.01 Å². The Morgan fingerprint density at radius 1 is 1.15 bits per heavy atom. The molecule has 2 rings (SSSR count). The van der Waals surface area contributed by atoms with Gasteiger partial charge in [0.1, 0.15) is 0 Å². The second-order valence-corrected chi connectivity index (χ2v) is 4.94. The minimum Gasteiger partial charge on any atom is -0.464 e. The van der Waals surface area contributed by atoms with Crippen molar-refractivity contribution in [2.45, 2.75) is 39.2 Å². The molecule has 112 valence electrons. The van der Waals surface area contributed by atoms with E-state index in [0.29, 0.717) is 30.4 Å². The lowest BCUT2D eigenvalue weighted by atomic mass is 10.1. The molecule has 1 fully saturated rings. The topological polar surface area (TPSA) is 92.2 Å². The summed E-state index contributed by atoms with van der Waals surface area (Å²) in [5.41, 5.74) is 0. The number of aromatic nitrogens is 3. The summed E-state index contributed by atoms with van der Waals surface area (Å²) in [4.78, 5) is 12.7. The van der Waals surface area contributed by atoms with Gasteiger partial charge in [-0.3, -0.25) is 0 Å². The Morgan fingerprint density at radius 3 is 2.50 bits per heavy atom. The molecule has 7 nitrogen and oxygen atoms in total. The lowest BCUT2D eigenvalue weighted by Crippen LogP contribution is -2.16. The molecule has 0 amide bonds. The first kappa shape index (κ1) is 14.8. The third kappa shape index (κ3) is 4.19. The van der Waals surface area contributed by atoms with E-state index in [2.05, 4.69) is 25.6 Å². The van der Waals surface area contributed by atoms with Crippen molar-refractivity contribution < 1.29 is 9.84 Å². The van der Waals surface area contributed by atoms with Gasteiger partial charge in [0.15, 0.2) is 0 Å². The van der Waals surface area contributed by atoms with Gasteiger partial charge in [-0.25, -0.2) is 0 Å². The Morgan fingerprint density at radius 2 is 1.90 bits per heavy atom. The monoisotopic (exact) mass is 281 g/mol. The number of hydrogen-bond acceptors (Lipinski definition) is 7. The lowest BCUT2D eigenvalue weighted by Gasteiger charge is -2.12. The predicted octanol–water partition coefficient (Wildman–Crippen LogP) is 1.27. The molecule has 0 saturated heterocycles. The van der Waals surface area contributed by atoms with E-state index in [-0.39, 0.29) is 6.10 Å². The molecule has 0 radical (unpaired) electrons. The normalized spacial score (nSPS) is 21.8. The molecule has 20 heavy (non-hydrogen) atoms. The Hall–Kier alpha value is -1.63. The minimum atomic E-state index is -0.156. The fourth-order valence-electron chi connectivity index (χ4n) is 2.34. The van der Waals surface area contributed by atoms with Crippen molar-refractivity contribution in [1.29, 1.82) is 0 Å². The smallest absolute Gasteiger partial charge is 0.323 e. The minimum absolute atomic E-state index is 0.156. The number of aliphatic hydroxyl groups excluding tert-OH is 1. The van der Waals surface area contributed by atoms with E-state index >= 15 is 0 Å². The van der Waals surface area contributed by atoms with Gasteiger partial charge in [0, 0.05) is 13.1 Å². The van der Waals surface area contributed by atoms with Crippen LogP contribution in [0.15, 0.2) is 0 Å². The van der Waals surface area contributed by atoms with Gasteiger partial charge < -0.3 is 20.5 Å². The van der Waals surface area contributed by atoms with Crippen molar-refractivity contribution in [3.63, 3.8) is 0 Å². The van der Waals surface area contributed by atoms with Crippen LogP contribution in [-0.2, 0) is 0 Å². The molecule has 2 unspecified atom stereocenters. The molecule has 1 heterocycles. The molecule has 0 aromatic carbocycles. The Kier molecular flexibility index (Phi) is 5.34. The van der Waals surface area contributed by atoms with Gasteiger partial charge in [0.2, 0.25) is 11.9 Å². The summed E-state index contributed by atoms with van der Waals surface area (Å²) < 4.78 is 5.34. The van der Waals surface area contributed by atoms with Crippen molar-refractivity contribution in [1.82, 2.24) is 15.0 Å². The van der Waals surface area contributed by atoms with Crippen LogP contribution in [-0.4, -0.2) is 45.9 Å². The molecular weight excluding hydrogens is 258 g/mol. The van der Waals surface area contributed by atoms with Gasteiger partial charge in [-0.05, 0) is 39.0 Å². The first-order valence-corrected chi connectivity index (χ1v) is 7.26. The number of nitrogens with zero attached hydrogens (tertiary/aromatic N) is 3. The van der Waals surface area contributed by atoms with Crippen LogP contribution in [0.3, 0.4) is 0 Å². The molecule has 3 N–H and O–H groups in total. The number of ether oxygens (including phenoxy) is 1. The second kappa shape index (κ2) is 7.23. The average Bonchev–Trinajstić information content (AvgIpc) is 2.83. The van der Waals surface area contributed by atoms with E-state index in [0.717, 1.165) is 32.4 Å². The highest BCUT2D eigenvalue weighted by molar-refractivity contribution is 5.35. The number of anilines is 2. The molecule has 0 aliphatic heterocycles. The number of hydrogen-bond donors (Lipinski definition) is 3. The highest BCUT2D eigenvalue weighted by Gasteiger charge is 2.22. The fourth-order valence-corrected chi connectivity index (χ4v) is 2.34. The lowest BCUT2D eigenvalue weighted by molar-refractivity contribution is 0.178. The maximum absolute atomic E-state index is 9.53. The van der Waals surface area contributed by atoms with Gasteiger partial charge in [-0.1, -0.05) is 0 Å². The summed E-state index contributed by atoms with van der Waals surface area (Å²) >= 11 is 0. The summed E-state index contributed by atoms with van der Waals surface area (Å²) in [6.45, 7) is 5.90. The van der Waals surface area contributed by atoms with Crippen LogP contribution in [0, 0.1) is 5.92 Å². The van der Waals surface area contributed by atoms with E-state index in [9.17, 15) is 5.11 Å². The summed E-state index contributed by atoms with van der Waals surface area (Å²) in [7, 11) is 0. The predicted molar refractivity (Wildman–Crippen MR) is 77.0 cm³/mol. The molecule has 0 spiro atoms. The average molecular weight is 281 g/mol. The quantitative estimate of drug-likeness (QED) is 0.693. The summed E-state index contributed by atoms with van der Waals surface area (Å²) in [6, 6.07) is 0.326. The molecule has 1 aliphatic rings. The zero-order valence-electron chi connectivity index (χ0n) is 12.1. The molecular formula is C13H23N5O2. The molecule has 1 aromatic heterocycles. The second-order valence-electron chi connectivity index (χ2n) is 4.94. The van der Waals surface area contributed by atoms with Crippen LogP contribution in [0.4, 0.5) is 11.9 Å². The van der Waals surface area contributed by atoms with E-state index in [1.54, 1.807) is 0 Å². The largest absolute Gasteiger partial charge is 0.464 e. The van der Waals surface area contributed by atoms with Crippen molar-refractivity contribution in [2.75, 3.05) is 30.3 Å². The number of aliphatic hydroxyl groups is 1. The maximum Gasteiger partial charge on any atom is 0.323 e. The van der Waals surface area contributed by atoms with Gasteiger partial charge in [0.25, 0.3) is 0 Å². The number of rotatable bonds is 7. The van der Waals surface area contributed by atoms with Crippen molar-refractivity contribution >= 4 is 11.9 Å². The summed E-state index contributed by atoms with van der Waals surface area (Å²) in [5, 5.41) is 15.8. The van der Waals surface area contributed by atoms with E-state index in [1.165, 1.54) is 0 Å². The van der Waals surface area contributed by atoms with Gasteiger partial charge in [-0.15, -0.1) is 0 Å². The third-order valence-corrected chi connectivity index (χ3v) is 3.29. The van der Waals surface area contributed by atoms with Gasteiger partial charge >= 0.3 is 6.01 Å². The number of nitrogens with one attached hydrogen (secondary N) is 2. The standard InChI is InChI=1S/C13H23N5O2/c1-3-14-11-16-12(18-13(17-11)20-4-2)15-8-9-5-6-10(19)7-9/h9-10,19H,3-8H2,1-2H3,(H2,14,15,16,17,18). The van der Waals surface area contributed by atoms with Crippen LogP contribution in [0.1, 0.15) is 33.1 Å². The third-order valence-electron chi connectivity index (χ3n) is 3.29. The fraction of sp³-hybridized carbons (Fsp3) is 0.769. The van der Waals surface area contributed by atoms with Crippen LogP contribution >= 0.6 is 0 Å². The van der Waals surface area contributed by atoms with Crippen molar-refractivity contribution in [3.05, 3.63) is 0 Å². The Bertz CT molecular complexity index is 405. The summed E-state index contributed by atoms with van der Waals surface area (Å²) in [5.74, 6) is 1.50. The van der Waals surface area contributed by atoms with Crippen LogP contribution < -0.4 is 15.4 Å². The first-order chi connectivity index (χ1) is 9.71. The van der Waals surface area contributed by atoms with Gasteiger partial charge in [0.05, 0.1) is 12.7 Å². The molecule has 7 heteroatoms. The molecule has 1 saturated carbocycles. The van der Waals surface area contributed by atoms with Crippen LogP contribution in [0.2, 0.25) is 0 Å². The van der Waals surface area contributed by atoms with Crippen LogP contribution in [0.5, 0.6) is 6.01 Å². The summed E-state index contributed by atoms with van der Waals surface area (Å²) in [6.07, 6.45) is 2.61. The van der Waals surface area contributed by atoms with E-state index < -0.39 is 0 Å². The van der Waals surface area contributed by atoms with E-state index in [1.807, 2.05) is 13.8 Å². The zero-order valence-corrected chi connectivity index (χ0v) is 12.1. The van der Waals surface area contributed by atoms with Crippen molar-refractivity contribution in [2.24, 2.45) is 5.92 Å². The maximum atomic E-state index is 9.53. The highest BCUT2D eigenvalue weighted by Crippen LogP contribution is 2.25. The SMILES string of the molecule is CCNc1nc(NCC2CCC(O)C2)nc(OCC)n1. The molecule has 1 aliphatic carbocycles. The molecule has 1 aromatic rings.